The van der Waals surface area contributed by atoms with Crippen LogP contribution in [0, 0.1) is 3.57 Å². The molecule has 0 radical (unpaired) electrons. The van der Waals surface area contributed by atoms with Crippen molar-refractivity contribution in [3.05, 3.63) is 27.3 Å². The average Bonchev–Trinajstić information content (AvgIpc) is 2.25. The van der Waals surface area contributed by atoms with Gasteiger partial charge in [0.15, 0.2) is 11.5 Å². The summed E-state index contributed by atoms with van der Waals surface area (Å²) in [7, 11) is 3.18. The van der Waals surface area contributed by atoms with Crippen LogP contribution in [0.15, 0.2) is 18.2 Å². The normalized spacial score (nSPS) is 10.3. The largest absolute Gasteiger partial charge is 0.493 e. The number of allylic oxidation sites excluding steroid dienone is 1. The molecule has 1 rings (SSSR count). The quantitative estimate of drug-likeness (QED) is 0.486. The topological polar surface area (TPSA) is 35.5 Å². The maximum absolute atomic E-state index is 10.2. The molecule has 0 heterocycles. The molecule has 1 aromatic carbocycles. The van der Waals surface area contributed by atoms with E-state index in [1.165, 1.54) is 6.08 Å². The first kappa shape index (κ1) is 12.0. The Morgan fingerprint density at radius 2 is 2.00 bits per heavy atom. The Labute approximate surface area is 102 Å². The predicted molar refractivity (Wildman–Crippen MR) is 67.4 cm³/mol. The third kappa shape index (κ3) is 2.95. The van der Waals surface area contributed by atoms with E-state index in [2.05, 4.69) is 22.6 Å². The van der Waals surface area contributed by atoms with Gasteiger partial charge in [0.1, 0.15) is 6.29 Å². The molecule has 0 unspecified atom stereocenters. The maximum atomic E-state index is 10.2. The first-order valence-electron chi connectivity index (χ1n) is 4.26. The van der Waals surface area contributed by atoms with Crippen molar-refractivity contribution in [3.8, 4) is 11.5 Å². The van der Waals surface area contributed by atoms with Gasteiger partial charge >= 0.3 is 0 Å². The highest BCUT2D eigenvalue weighted by molar-refractivity contribution is 14.1. The van der Waals surface area contributed by atoms with E-state index in [1.54, 1.807) is 20.3 Å². The smallest absolute Gasteiger partial charge is 0.174 e. The van der Waals surface area contributed by atoms with Crippen LogP contribution in [-0.2, 0) is 4.79 Å². The summed E-state index contributed by atoms with van der Waals surface area (Å²) in [5, 5.41) is 0. The van der Waals surface area contributed by atoms with Crippen LogP contribution >= 0.6 is 22.6 Å². The number of halogens is 1. The fourth-order valence-electron chi connectivity index (χ4n) is 1.18. The van der Waals surface area contributed by atoms with Crippen LogP contribution in [0.4, 0.5) is 0 Å². The van der Waals surface area contributed by atoms with Gasteiger partial charge in [0.2, 0.25) is 0 Å². The van der Waals surface area contributed by atoms with E-state index in [9.17, 15) is 4.79 Å². The Bertz CT molecular complexity index is 386. The standard InChI is InChI=1S/C11H11IO3/c1-14-10-7-8(4-3-5-13)6-9(12)11(10)15-2/h3-7H,1-2H3. The van der Waals surface area contributed by atoms with E-state index in [0.717, 1.165) is 15.4 Å². The third-order valence-corrected chi connectivity index (χ3v) is 2.62. The fraction of sp³-hybridized carbons (Fsp3) is 0.182. The van der Waals surface area contributed by atoms with E-state index in [-0.39, 0.29) is 0 Å². The number of carbonyl (C=O) groups is 1. The molecular formula is C11H11IO3. The van der Waals surface area contributed by atoms with E-state index in [0.29, 0.717) is 11.5 Å². The summed E-state index contributed by atoms with van der Waals surface area (Å²) in [6.45, 7) is 0. The van der Waals surface area contributed by atoms with Crippen molar-refractivity contribution < 1.29 is 14.3 Å². The van der Waals surface area contributed by atoms with E-state index < -0.39 is 0 Å². The van der Waals surface area contributed by atoms with Gasteiger partial charge in [-0.15, -0.1) is 0 Å². The summed E-state index contributed by atoms with van der Waals surface area (Å²) >= 11 is 2.16. The van der Waals surface area contributed by atoms with Crippen molar-refractivity contribution in [3.63, 3.8) is 0 Å². The molecule has 0 aliphatic carbocycles. The second-order valence-corrected chi connectivity index (χ2v) is 3.90. The molecule has 0 bridgehead atoms. The van der Waals surface area contributed by atoms with Crippen LogP contribution in [0.3, 0.4) is 0 Å². The summed E-state index contributed by atoms with van der Waals surface area (Å²) in [6.07, 6.45) is 3.90. The number of rotatable bonds is 4. The zero-order valence-corrected chi connectivity index (χ0v) is 10.6. The highest BCUT2D eigenvalue weighted by atomic mass is 127. The maximum Gasteiger partial charge on any atom is 0.174 e. The fourth-order valence-corrected chi connectivity index (χ4v) is 2.03. The number of aldehydes is 1. The molecule has 1 aromatic rings. The molecule has 15 heavy (non-hydrogen) atoms. The summed E-state index contributed by atoms with van der Waals surface area (Å²) in [5.74, 6) is 1.37. The molecule has 0 atom stereocenters. The van der Waals surface area contributed by atoms with Gasteiger partial charge < -0.3 is 9.47 Å². The molecule has 0 spiro atoms. The van der Waals surface area contributed by atoms with Crippen LogP contribution in [-0.4, -0.2) is 20.5 Å². The van der Waals surface area contributed by atoms with Gasteiger partial charge in [-0.1, -0.05) is 6.08 Å². The average molecular weight is 318 g/mol. The second kappa shape index (κ2) is 5.75. The minimum Gasteiger partial charge on any atom is -0.493 e. The Kier molecular flexibility index (Phi) is 4.61. The van der Waals surface area contributed by atoms with Crippen LogP contribution in [0.2, 0.25) is 0 Å². The molecule has 0 aliphatic heterocycles. The number of benzene rings is 1. The first-order chi connectivity index (χ1) is 7.22. The zero-order valence-electron chi connectivity index (χ0n) is 8.49. The minimum atomic E-state index is 0.662. The van der Waals surface area contributed by atoms with E-state index in [1.807, 2.05) is 12.1 Å². The SMILES string of the molecule is COc1cc(C=CC=O)cc(I)c1OC. The molecule has 4 heteroatoms. The number of hydrogen-bond acceptors (Lipinski definition) is 3. The monoisotopic (exact) mass is 318 g/mol. The molecule has 0 saturated heterocycles. The molecule has 0 saturated carbocycles. The van der Waals surface area contributed by atoms with E-state index in [4.69, 9.17) is 9.47 Å². The summed E-state index contributed by atoms with van der Waals surface area (Å²) in [4.78, 5) is 10.2. The molecule has 0 amide bonds. The molecule has 0 aromatic heterocycles. The van der Waals surface area contributed by atoms with Crippen LogP contribution < -0.4 is 9.47 Å². The highest BCUT2D eigenvalue weighted by Gasteiger charge is 2.08. The zero-order chi connectivity index (χ0) is 11.3. The lowest BCUT2D eigenvalue weighted by molar-refractivity contribution is -0.104. The Morgan fingerprint density at radius 1 is 1.27 bits per heavy atom. The van der Waals surface area contributed by atoms with Gasteiger partial charge in [0, 0.05) is 0 Å². The van der Waals surface area contributed by atoms with Crippen molar-refractivity contribution in [2.45, 2.75) is 0 Å². The Balaban J connectivity index is 3.18. The molecule has 3 nitrogen and oxygen atoms in total. The van der Waals surface area contributed by atoms with Crippen LogP contribution in [0.1, 0.15) is 5.56 Å². The van der Waals surface area contributed by atoms with Gasteiger partial charge in [-0.3, -0.25) is 4.79 Å². The lowest BCUT2D eigenvalue weighted by atomic mass is 10.2. The van der Waals surface area contributed by atoms with Gasteiger partial charge in [-0.25, -0.2) is 0 Å². The second-order valence-electron chi connectivity index (χ2n) is 2.73. The summed E-state index contributed by atoms with van der Waals surface area (Å²) < 4.78 is 11.3. The minimum absolute atomic E-state index is 0.662. The van der Waals surface area contributed by atoms with Crippen LogP contribution in [0.25, 0.3) is 6.08 Å². The first-order valence-corrected chi connectivity index (χ1v) is 5.34. The number of ether oxygens (including phenoxy) is 2. The van der Waals surface area contributed by atoms with E-state index >= 15 is 0 Å². The number of carbonyl (C=O) groups excluding carboxylic acids is 1. The molecule has 0 aliphatic rings. The molecular weight excluding hydrogens is 307 g/mol. The number of methoxy groups -OCH3 is 2. The van der Waals surface area contributed by atoms with Crippen molar-refractivity contribution in [2.24, 2.45) is 0 Å². The van der Waals surface area contributed by atoms with Gasteiger partial charge in [-0.05, 0) is 46.4 Å². The lowest BCUT2D eigenvalue weighted by Gasteiger charge is -2.10. The van der Waals surface area contributed by atoms with Crippen molar-refractivity contribution in [2.75, 3.05) is 14.2 Å². The van der Waals surface area contributed by atoms with Gasteiger partial charge in [0.25, 0.3) is 0 Å². The van der Waals surface area contributed by atoms with Crippen LogP contribution in [0.5, 0.6) is 11.5 Å². The predicted octanol–water partition coefficient (Wildman–Crippen LogP) is 2.52. The van der Waals surface area contributed by atoms with Gasteiger partial charge in [-0.2, -0.15) is 0 Å². The van der Waals surface area contributed by atoms with Crippen molar-refractivity contribution in [1.29, 1.82) is 0 Å². The summed E-state index contributed by atoms with van der Waals surface area (Å²) in [5.41, 5.74) is 0.907. The number of hydrogen-bond donors (Lipinski definition) is 0. The Morgan fingerprint density at radius 3 is 2.53 bits per heavy atom. The third-order valence-electron chi connectivity index (χ3n) is 1.82. The van der Waals surface area contributed by atoms with Crippen molar-refractivity contribution in [1.82, 2.24) is 0 Å². The van der Waals surface area contributed by atoms with Crippen molar-refractivity contribution >= 4 is 35.0 Å². The summed E-state index contributed by atoms with van der Waals surface area (Å²) in [6, 6.07) is 3.74. The molecule has 0 N–H and O–H groups in total. The Hall–Kier alpha value is -1.04. The molecule has 0 fully saturated rings. The lowest BCUT2D eigenvalue weighted by Crippen LogP contribution is -1.93. The highest BCUT2D eigenvalue weighted by Crippen LogP contribution is 2.33. The molecule has 80 valence electrons. The van der Waals surface area contributed by atoms with Gasteiger partial charge in [0.05, 0.1) is 17.8 Å².